The number of rotatable bonds is 4. The second-order valence-electron chi connectivity index (χ2n) is 5.07. The summed E-state index contributed by atoms with van der Waals surface area (Å²) in [5.74, 6) is -1.03. The summed E-state index contributed by atoms with van der Waals surface area (Å²) in [5.41, 5.74) is 1.86. The zero-order valence-corrected chi connectivity index (χ0v) is 12.3. The number of carbonyl (C=O) groups is 1. The molecule has 0 aliphatic rings. The number of ether oxygens (including phenoxy) is 1. The fraction of sp³-hybridized carbons (Fsp3) is 0.333. The number of halogens is 1. The molecule has 0 fully saturated rings. The average Bonchev–Trinajstić information content (AvgIpc) is 2.79. The van der Waals surface area contributed by atoms with Gasteiger partial charge in [-0.25, -0.2) is 9.18 Å². The highest BCUT2D eigenvalue weighted by Gasteiger charge is 2.20. The van der Waals surface area contributed by atoms with Gasteiger partial charge in [0.05, 0.1) is 12.8 Å². The van der Waals surface area contributed by atoms with Gasteiger partial charge in [0.15, 0.2) is 5.69 Å². The number of carboxylic acid groups (broad SMARTS) is 1. The number of benzene rings is 1. The van der Waals surface area contributed by atoms with Crippen molar-refractivity contribution in [3.8, 4) is 17.0 Å². The molecule has 6 heteroatoms. The zero-order valence-electron chi connectivity index (χ0n) is 12.3. The van der Waals surface area contributed by atoms with E-state index in [1.807, 2.05) is 13.8 Å². The van der Waals surface area contributed by atoms with Crippen molar-refractivity contribution in [1.29, 1.82) is 0 Å². The second kappa shape index (κ2) is 5.55. The SMILES string of the molecule is COc1cc(F)cc(-c2cc(C(=O)O)nn2C)c1C(C)C. The third-order valence-corrected chi connectivity index (χ3v) is 3.28. The van der Waals surface area contributed by atoms with Crippen LogP contribution in [0.5, 0.6) is 5.75 Å². The summed E-state index contributed by atoms with van der Waals surface area (Å²) in [7, 11) is 3.11. The van der Waals surface area contributed by atoms with E-state index in [2.05, 4.69) is 5.10 Å². The molecule has 21 heavy (non-hydrogen) atoms. The van der Waals surface area contributed by atoms with E-state index in [1.54, 1.807) is 7.05 Å². The van der Waals surface area contributed by atoms with E-state index in [0.717, 1.165) is 5.56 Å². The van der Waals surface area contributed by atoms with E-state index in [1.165, 1.54) is 30.0 Å². The molecule has 0 amide bonds. The van der Waals surface area contributed by atoms with Crippen LogP contribution in [-0.4, -0.2) is 28.0 Å². The van der Waals surface area contributed by atoms with Crippen molar-refractivity contribution in [3.05, 3.63) is 35.3 Å². The van der Waals surface area contributed by atoms with E-state index in [4.69, 9.17) is 9.84 Å². The third kappa shape index (κ3) is 2.74. The van der Waals surface area contributed by atoms with Crippen LogP contribution >= 0.6 is 0 Å². The van der Waals surface area contributed by atoms with Gasteiger partial charge in [0, 0.05) is 24.2 Å². The topological polar surface area (TPSA) is 64.3 Å². The number of hydrogen-bond acceptors (Lipinski definition) is 3. The first-order chi connectivity index (χ1) is 9.85. The quantitative estimate of drug-likeness (QED) is 0.940. The van der Waals surface area contributed by atoms with Crippen molar-refractivity contribution in [3.63, 3.8) is 0 Å². The number of carboxylic acids is 1. The maximum atomic E-state index is 13.8. The van der Waals surface area contributed by atoms with Crippen LogP contribution in [0.1, 0.15) is 35.8 Å². The Hall–Kier alpha value is -2.37. The first kappa shape index (κ1) is 15.0. The molecular formula is C15H17FN2O3. The lowest BCUT2D eigenvalue weighted by atomic mass is 9.93. The third-order valence-electron chi connectivity index (χ3n) is 3.28. The molecular weight excluding hydrogens is 275 g/mol. The summed E-state index contributed by atoms with van der Waals surface area (Å²) in [5, 5.41) is 13.0. The largest absolute Gasteiger partial charge is 0.496 e. The van der Waals surface area contributed by atoms with Crippen LogP contribution in [0.2, 0.25) is 0 Å². The van der Waals surface area contributed by atoms with Gasteiger partial charge in [0.2, 0.25) is 0 Å². The van der Waals surface area contributed by atoms with E-state index in [0.29, 0.717) is 17.0 Å². The van der Waals surface area contributed by atoms with Crippen LogP contribution in [0.3, 0.4) is 0 Å². The molecule has 0 spiro atoms. The van der Waals surface area contributed by atoms with Crippen molar-refractivity contribution >= 4 is 5.97 Å². The van der Waals surface area contributed by atoms with Crippen LogP contribution in [0.15, 0.2) is 18.2 Å². The highest BCUT2D eigenvalue weighted by atomic mass is 19.1. The first-order valence-corrected chi connectivity index (χ1v) is 6.50. The molecule has 2 rings (SSSR count). The minimum absolute atomic E-state index is 0.0783. The lowest BCUT2D eigenvalue weighted by molar-refractivity contribution is 0.0689. The molecule has 1 aromatic carbocycles. The Labute approximate surface area is 122 Å². The molecule has 2 aromatic rings. The summed E-state index contributed by atoms with van der Waals surface area (Å²) < 4.78 is 20.5. The molecule has 0 atom stereocenters. The molecule has 0 unspecified atom stereocenters. The van der Waals surface area contributed by atoms with Crippen LogP contribution < -0.4 is 4.74 Å². The molecule has 1 N–H and O–H groups in total. The maximum Gasteiger partial charge on any atom is 0.356 e. The number of aromatic nitrogens is 2. The van der Waals surface area contributed by atoms with Crippen molar-refractivity contribution < 1.29 is 19.0 Å². The molecule has 1 aromatic heterocycles. The second-order valence-corrected chi connectivity index (χ2v) is 5.07. The summed E-state index contributed by atoms with van der Waals surface area (Å²) in [6.07, 6.45) is 0. The lowest BCUT2D eigenvalue weighted by Crippen LogP contribution is -2.02. The Morgan fingerprint density at radius 1 is 1.38 bits per heavy atom. The Bertz CT molecular complexity index is 692. The van der Waals surface area contributed by atoms with Crippen LogP contribution in [0.25, 0.3) is 11.3 Å². The van der Waals surface area contributed by atoms with Gasteiger partial charge in [-0.2, -0.15) is 5.10 Å². The van der Waals surface area contributed by atoms with Crippen molar-refractivity contribution in [2.75, 3.05) is 7.11 Å². The average molecular weight is 292 g/mol. The molecule has 112 valence electrons. The molecule has 1 heterocycles. The smallest absolute Gasteiger partial charge is 0.356 e. The minimum Gasteiger partial charge on any atom is -0.496 e. The molecule has 0 saturated carbocycles. The van der Waals surface area contributed by atoms with Gasteiger partial charge in [-0.1, -0.05) is 13.8 Å². The summed E-state index contributed by atoms with van der Waals surface area (Å²) in [6.45, 7) is 3.93. The van der Waals surface area contributed by atoms with Gasteiger partial charge >= 0.3 is 5.97 Å². The van der Waals surface area contributed by atoms with Crippen molar-refractivity contribution in [2.24, 2.45) is 7.05 Å². The highest BCUT2D eigenvalue weighted by molar-refractivity contribution is 5.87. The molecule has 0 aliphatic heterocycles. The van der Waals surface area contributed by atoms with Gasteiger partial charge in [-0.3, -0.25) is 4.68 Å². The standard InChI is InChI=1S/C15H17FN2O3/c1-8(2)14-10(5-9(16)6-13(14)21-4)12-7-11(15(19)20)17-18(12)3/h5-8H,1-4H3,(H,19,20). The molecule has 0 saturated heterocycles. The van der Waals surface area contributed by atoms with E-state index in [9.17, 15) is 9.18 Å². The normalized spacial score (nSPS) is 11.0. The predicted octanol–water partition coefficient (Wildman–Crippen LogP) is 3.06. The van der Waals surface area contributed by atoms with Crippen LogP contribution in [0, 0.1) is 5.82 Å². The van der Waals surface area contributed by atoms with Gasteiger partial charge in [0.25, 0.3) is 0 Å². The number of hydrogen-bond donors (Lipinski definition) is 1. The minimum atomic E-state index is -1.12. The van der Waals surface area contributed by atoms with Gasteiger partial charge < -0.3 is 9.84 Å². The molecule has 0 bridgehead atoms. The van der Waals surface area contributed by atoms with Crippen molar-refractivity contribution in [1.82, 2.24) is 9.78 Å². The first-order valence-electron chi connectivity index (χ1n) is 6.50. The fourth-order valence-electron chi connectivity index (χ4n) is 2.39. The Balaban J connectivity index is 2.73. The maximum absolute atomic E-state index is 13.8. The summed E-state index contributed by atoms with van der Waals surface area (Å²) in [4.78, 5) is 11.0. The summed E-state index contributed by atoms with van der Waals surface area (Å²) in [6, 6.07) is 4.14. The van der Waals surface area contributed by atoms with Gasteiger partial charge in [-0.15, -0.1) is 0 Å². The number of aryl methyl sites for hydroxylation is 1. The van der Waals surface area contributed by atoms with Crippen LogP contribution in [0.4, 0.5) is 4.39 Å². The Morgan fingerprint density at radius 3 is 2.52 bits per heavy atom. The number of aromatic carboxylic acids is 1. The monoisotopic (exact) mass is 292 g/mol. The van der Waals surface area contributed by atoms with Gasteiger partial charge in [0.1, 0.15) is 11.6 Å². The van der Waals surface area contributed by atoms with E-state index >= 15 is 0 Å². The van der Waals surface area contributed by atoms with Crippen LogP contribution in [-0.2, 0) is 7.05 Å². The number of methoxy groups -OCH3 is 1. The summed E-state index contributed by atoms with van der Waals surface area (Å²) >= 11 is 0. The van der Waals surface area contributed by atoms with Crippen molar-refractivity contribution in [2.45, 2.75) is 19.8 Å². The Kier molecular flexibility index (Phi) is 3.97. The molecule has 0 aliphatic carbocycles. The highest BCUT2D eigenvalue weighted by Crippen LogP contribution is 2.37. The van der Waals surface area contributed by atoms with Gasteiger partial charge in [-0.05, 0) is 18.1 Å². The number of nitrogens with zero attached hydrogens (tertiary/aromatic N) is 2. The molecule has 0 radical (unpaired) electrons. The molecule has 5 nitrogen and oxygen atoms in total. The zero-order chi connectivity index (χ0) is 15.7. The van der Waals surface area contributed by atoms with E-state index in [-0.39, 0.29) is 11.6 Å². The van der Waals surface area contributed by atoms with E-state index < -0.39 is 11.8 Å². The Morgan fingerprint density at radius 2 is 2.05 bits per heavy atom. The lowest BCUT2D eigenvalue weighted by Gasteiger charge is -2.17. The predicted molar refractivity (Wildman–Crippen MR) is 76.2 cm³/mol. The fourth-order valence-corrected chi connectivity index (χ4v) is 2.39.